The molecule has 1 atom stereocenters. The van der Waals surface area contributed by atoms with E-state index in [9.17, 15) is 8.78 Å². The van der Waals surface area contributed by atoms with Gasteiger partial charge in [-0.2, -0.15) is 5.10 Å². The van der Waals surface area contributed by atoms with Crippen molar-refractivity contribution in [1.82, 2.24) is 15.2 Å². The summed E-state index contributed by atoms with van der Waals surface area (Å²) in [6.07, 6.45) is 1.46. The molecule has 102 valence electrons. The second-order valence-electron chi connectivity index (χ2n) is 3.96. The molecule has 1 aromatic heterocycles. The molecular weight excluding hydrogens is 274 g/mol. The molecule has 0 amide bonds. The summed E-state index contributed by atoms with van der Waals surface area (Å²) in [5, 5.41) is 4.44. The fourth-order valence-corrected chi connectivity index (χ4v) is 2.21. The van der Waals surface area contributed by atoms with E-state index in [1.165, 1.54) is 18.3 Å². The highest BCUT2D eigenvalue weighted by Gasteiger charge is 2.23. The third kappa shape index (κ3) is 2.60. The average Bonchev–Trinajstić information content (AvgIpc) is 2.74. The summed E-state index contributed by atoms with van der Waals surface area (Å²) in [4.78, 5) is 0. The Morgan fingerprint density at radius 1 is 1.47 bits per heavy atom. The largest absolute Gasteiger partial charge is 0.271 e. The van der Waals surface area contributed by atoms with E-state index >= 15 is 0 Å². The lowest BCUT2D eigenvalue weighted by molar-refractivity contribution is 0.509. The molecule has 0 bridgehead atoms. The molecule has 1 unspecified atom stereocenters. The SMILES string of the molecule is CCn1ncc(Cl)c1C(NN)c1ccc(F)cc1F. The van der Waals surface area contributed by atoms with Gasteiger partial charge in [-0.15, -0.1) is 0 Å². The Labute approximate surface area is 114 Å². The van der Waals surface area contributed by atoms with Crippen molar-refractivity contribution in [3.63, 3.8) is 0 Å². The van der Waals surface area contributed by atoms with E-state index in [0.717, 1.165) is 6.07 Å². The Bertz CT molecular complexity index is 585. The minimum atomic E-state index is -0.699. The number of hydrazine groups is 1. The molecule has 0 saturated heterocycles. The van der Waals surface area contributed by atoms with Crippen LogP contribution in [0.15, 0.2) is 24.4 Å². The van der Waals surface area contributed by atoms with Crippen molar-refractivity contribution in [3.05, 3.63) is 52.3 Å². The maximum Gasteiger partial charge on any atom is 0.131 e. The summed E-state index contributed by atoms with van der Waals surface area (Å²) in [7, 11) is 0. The lowest BCUT2D eigenvalue weighted by Gasteiger charge is -2.19. The molecule has 0 spiro atoms. The lowest BCUT2D eigenvalue weighted by Crippen LogP contribution is -2.31. The minimum Gasteiger partial charge on any atom is -0.271 e. The molecule has 0 aliphatic rings. The van der Waals surface area contributed by atoms with Gasteiger partial charge in [0.25, 0.3) is 0 Å². The zero-order chi connectivity index (χ0) is 14.0. The van der Waals surface area contributed by atoms with Crippen molar-refractivity contribution in [3.8, 4) is 0 Å². The van der Waals surface area contributed by atoms with Crippen molar-refractivity contribution in [2.45, 2.75) is 19.5 Å². The molecule has 0 fully saturated rings. The molecule has 0 saturated carbocycles. The van der Waals surface area contributed by atoms with Gasteiger partial charge < -0.3 is 0 Å². The van der Waals surface area contributed by atoms with Crippen LogP contribution >= 0.6 is 11.6 Å². The van der Waals surface area contributed by atoms with Crippen LogP contribution in [0, 0.1) is 11.6 Å². The maximum atomic E-state index is 13.8. The van der Waals surface area contributed by atoms with Crippen molar-refractivity contribution in [1.29, 1.82) is 0 Å². The van der Waals surface area contributed by atoms with E-state index in [-0.39, 0.29) is 5.56 Å². The highest BCUT2D eigenvalue weighted by molar-refractivity contribution is 6.31. The number of benzene rings is 1. The van der Waals surface area contributed by atoms with Crippen LogP contribution in [0.25, 0.3) is 0 Å². The van der Waals surface area contributed by atoms with Crippen molar-refractivity contribution < 1.29 is 8.78 Å². The number of hydrogen-bond donors (Lipinski definition) is 2. The molecule has 0 radical (unpaired) electrons. The van der Waals surface area contributed by atoms with Crippen molar-refractivity contribution >= 4 is 11.6 Å². The average molecular weight is 287 g/mol. The van der Waals surface area contributed by atoms with Crippen LogP contribution in [0.1, 0.15) is 24.2 Å². The van der Waals surface area contributed by atoms with Crippen LogP contribution in [0.4, 0.5) is 8.78 Å². The molecule has 7 heteroatoms. The topological polar surface area (TPSA) is 55.9 Å². The van der Waals surface area contributed by atoms with Gasteiger partial charge in [0.1, 0.15) is 11.6 Å². The van der Waals surface area contributed by atoms with Crippen LogP contribution in [-0.4, -0.2) is 9.78 Å². The molecule has 2 aromatic rings. The van der Waals surface area contributed by atoms with Gasteiger partial charge in [0.05, 0.1) is 23.0 Å². The first-order chi connectivity index (χ1) is 9.08. The van der Waals surface area contributed by atoms with Gasteiger partial charge in [-0.1, -0.05) is 17.7 Å². The predicted octanol–water partition coefficient (Wildman–Crippen LogP) is 2.39. The smallest absolute Gasteiger partial charge is 0.131 e. The Hall–Kier alpha value is -1.50. The van der Waals surface area contributed by atoms with Crippen molar-refractivity contribution in [2.75, 3.05) is 0 Å². The predicted molar refractivity (Wildman–Crippen MR) is 68.4 cm³/mol. The normalized spacial score (nSPS) is 12.7. The molecule has 19 heavy (non-hydrogen) atoms. The number of rotatable bonds is 4. The van der Waals surface area contributed by atoms with Gasteiger partial charge in [0, 0.05) is 18.2 Å². The molecule has 4 nitrogen and oxygen atoms in total. The van der Waals surface area contributed by atoms with Crippen LogP contribution in [0.5, 0.6) is 0 Å². The van der Waals surface area contributed by atoms with E-state index in [4.69, 9.17) is 17.4 Å². The molecule has 0 aliphatic carbocycles. The fraction of sp³-hybridized carbons (Fsp3) is 0.250. The van der Waals surface area contributed by atoms with Gasteiger partial charge in [-0.25, -0.2) is 14.2 Å². The molecule has 0 aliphatic heterocycles. The van der Waals surface area contributed by atoms with E-state index in [1.807, 2.05) is 6.92 Å². The van der Waals surface area contributed by atoms with Crippen LogP contribution in [0.3, 0.4) is 0 Å². The highest BCUT2D eigenvalue weighted by atomic mass is 35.5. The van der Waals surface area contributed by atoms with Crippen molar-refractivity contribution in [2.24, 2.45) is 5.84 Å². The summed E-state index contributed by atoms with van der Waals surface area (Å²) >= 11 is 6.06. The lowest BCUT2D eigenvalue weighted by atomic mass is 10.0. The van der Waals surface area contributed by atoms with Gasteiger partial charge in [-0.3, -0.25) is 10.5 Å². The standard InChI is InChI=1S/C12H13ClF2N4/c1-2-19-12(9(13)6-17-19)11(18-16)8-4-3-7(14)5-10(8)15/h3-6,11,18H,2,16H2,1H3. The number of aryl methyl sites for hydroxylation is 1. The molecule has 1 heterocycles. The Morgan fingerprint density at radius 2 is 2.21 bits per heavy atom. The van der Waals surface area contributed by atoms with Gasteiger partial charge in [0.15, 0.2) is 0 Å². The Balaban J connectivity index is 2.52. The summed E-state index contributed by atoms with van der Waals surface area (Å²) in [6, 6.07) is 2.61. The van der Waals surface area contributed by atoms with Crippen LogP contribution < -0.4 is 11.3 Å². The zero-order valence-electron chi connectivity index (χ0n) is 10.2. The van der Waals surface area contributed by atoms with E-state index < -0.39 is 17.7 Å². The van der Waals surface area contributed by atoms with Crippen LogP contribution in [0.2, 0.25) is 5.02 Å². The highest BCUT2D eigenvalue weighted by Crippen LogP contribution is 2.29. The third-order valence-corrected chi connectivity index (χ3v) is 3.14. The van der Waals surface area contributed by atoms with Gasteiger partial charge >= 0.3 is 0 Å². The third-order valence-electron chi connectivity index (χ3n) is 2.85. The van der Waals surface area contributed by atoms with Gasteiger partial charge in [-0.05, 0) is 13.0 Å². The van der Waals surface area contributed by atoms with E-state index in [0.29, 0.717) is 17.3 Å². The zero-order valence-corrected chi connectivity index (χ0v) is 11.0. The summed E-state index contributed by atoms with van der Waals surface area (Å²) in [6.45, 7) is 2.43. The molecular formula is C12H13ClF2N4. The number of nitrogens with two attached hydrogens (primary N) is 1. The Morgan fingerprint density at radius 3 is 2.79 bits per heavy atom. The number of nitrogens with one attached hydrogen (secondary N) is 1. The quantitative estimate of drug-likeness (QED) is 0.670. The summed E-state index contributed by atoms with van der Waals surface area (Å²) in [5.41, 5.74) is 3.24. The first-order valence-electron chi connectivity index (χ1n) is 5.70. The number of hydrogen-bond acceptors (Lipinski definition) is 3. The Kier molecular flexibility index (Phi) is 4.14. The second kappa shape index (κ2) is 5.64. The first kappa shape index (κ1) is 13.9. The fourth-order valence-electron chi connectivity index (χ4n) is 1.96. The van der Waals surface area contributed by atoms with E-state index in [2.05, 4.69) is 10.5 Å². The van der Waals surface area contributed by atoms with Gasteiger partial charge in [0.2, 0.25) is 0 Å². The number of nitrogens with zero attached hydrogens (tertiary/aromatic N) is 2. The van der Waals surface area contributed by atoms with Crippen LogP contribution in [-0.2, 0) is 6.54 Å². The summed E-state index contributed by atoms with van der Waals surface area (Å²) in [5.74, 6) is 4.15. The first-order valence-corrected chi connectivity index (χ1v) is 6.08. The molecule has 1 aromatic carbocycles. The van der Waals surface area contributed by atoms with E-state index in [1.54, 1.807) is 4.68 Å². The number of aromatic nitrogens is 2. The maximum absolute atomic E-state index is 13.8. The second-order valence-corrected chi connectivity index (χ2v) is 4.37. The summed E-state index contributed by atoms with van der Waals surface area (Å²) < 4.78 is 28.4. The monoisotopic (exact) mass is 286 g/mol. The molecule has 2 rings (SSSR count). The minimum absolute atomic E-state index is 0.209. The molecule has 3 N–H and O–H groups in total. The number of halogens is 3.